The zero-order valence-electron chi connectivity index (χ0n) is 13.7. The molecule has 0 aromatic heterocycles. The van der Waals surface area contributed by atoms with Gasteiger partial charge in [0.05, 0.1) is 19.1 Å². The van der Waals surface area contributed by atoms with Crippen LogP contribution in [-0.4, -0.2) is 41.9 Å². The Morgan fingerprint density at radius 3 is 2.62 bits per heavy atom. The number of hydrogen-bond donors (Lipinski definition) is 4. The molecule has 0 aliphatic heterocycles. The van der Waals surface area contributed by atoms with Gasteiger partial charge in [0.1, 0.15) is 5.75 Å². The number of aliphatic hydroxyl groups excluding tert-OH is 1. The Morgan fingerprint density at radius 1 is 1.29 bits per heavy atom. The van der Waals surface area contributed by atoms with Gasteiger partial charge in [-0.05, 0) is 43.4 Å². The monoisotopic (exact) mass is 336 g/mol. The highest BCUT2D eigenvalue weighted by Crippen LogP contribution is 2.24. The SMILES string of the molecule is COc1cccc(C(O)CNC(=O)NC2CCC(C(=O)O)CC2)c1. The van der Waals surface area contributed by atoms with E-state index in [1.807, 2.05) is 0 Å². The molecule has 0 saturated heterocycles. The van der Waals surface area contributed by atoms with Crippen molar-refractivity contribution in [3.8, 4) is 5.75 Å². The van der Waals surface area contributed by atoms with E-state index in [9.17, 15) is 14.7 Å². The number of aliphatic hydroxyl groups is 1. The van der Waals surface area contributed by atoms with E-state index in [2.05, 4.69) is 10.6 Å². The highest BCUT2D eigenvalue weighted by Gasteiger charge is 2.26. The number of urea groups is 1. The number of ether oxygens (including phenoxy) is 1. The maximum absolute atomic E-state index is 11.9. The highest BCUT2D eigenvalue weighted by atomic mass is 16.5. The predicted octanol–water partition coefficient (Wildman–Crippen LogP) is 1.67. The Kier molecular flexibility index (Phi) is 6.43. The second-order valence-corrected chi connectivity index (χ2v) is 6.03. The molecule has 1 aliphatic rings. The van der Waals surface area contributed by atoms with Gasteiger partial charge >= 0.3 is 12.0 Å². The molecule has 2 rings (SSSR count). The summed E-state index contributed by atoms with van der Waals surface area (Å²) < 4.78 is 5.10. The van der Waals surface area contributed by atoms with Crippen molar-refractivity contribution in [1.82, 2.24) is 10.6 Å². The fraction of sp³-hybridized carbons (Fsp3) is 0.529. The first-order valence-corrected chi connectivity index (χ1v) is 8.08. The van der Waals surface area contributed by atoms with E-state index in [4.69, 9.17) is 9.84 Å². The number of benzene rings is 1. The summed E-state index contributed by atoms with van der Waals surface area (Å²) in [6.45, 7) is 0.0868. The van der Waals surface area contributed by atoms with E-state index >= 15 is 0 Å². The molecule has 1 aliphatic carbocycles. The van der Waals surface area contributed by atoms with Crippen LogP contribution in [0.25, 0.3) is 0 Å². The summed E-state index contributed by atoms with van der Waals surface area (Å²) in [7, 11) is 1.55. The second kappa shape index (κ2) is 8.54. The van der Waals surface area contributed by atoms with Crippen molar-refractivity contribution in [3.05, 3.63) is 29.8 Å². The first kappa shape index (κ1) is 18.1. The molecule has 24 heavy (non-hydrogen) atoms. The van der Waals surface area contributed by atoms with Crippen LogP contribution in [0.1, 0.15) is 37.4 Å². The van der Waals surface area contributed by atoms with Gasteiger partial charge in [-0.3, -0.25) is 4.79 Å². The van der Waals surface area contributed by atoms with Crippen molar-refractivity contribution in [2.75, 3.05) is 13.7 Å². The Bertz CT molecular complexity index is 570. The van der Waals surface area contributed by atoms with Crippen LogP contribution in [-0.2, 0) is 4.79 Å². The lowest BCUT2D eigenvalue weighted by atomic mass is 9.86. The van der Waals surface area contributed by atoms with Gasteiger partial charge in [-0.2, -0.15) is 0 Å². The topological polar surface area (TPSA) is 108 Å². The van der Waals surface area contributed by atoms with Crippen LogP contribution in [0, 0.1) is 5.92 Å². The number of carboxylic acids is 1. The molecule has 1 saturated carbocycles. The van der Waals surface area contributed by atoms with E-state index in [1.165, 1.54) is 0 Å². The molecule has 2 amide bonds. The number of amides is 2. The molecule has 0 bridgehead atoms. The maximum atomic E-state index is 11.9. The Morgan fingerprint density at radius 2 is 2.00 bits per heavy atom. The van der Waals surface area contributed by atoms with Gasteiger partial charge < -0.3 is 25.6 Å². The van der Waals surface area contributed by atoms with Gasteiger partial charge in [0.15, 0.2) is 0 Å². The van der Waals surface area contributed by atoms with Crippen LogP contribution in [0.4, 0.5) is 4.79 Å². The van der Waals surface area contributed by atoms with Gasteiger partial charge in [0, 0.05) is 12.6 Å². The summed E-state index contributed by atoms with van der Waals surface area (Å²) in [4.78, 5) is 22.8. The van der Waals surface area contributed by atoms with Crippen LogP contribution in [0.5, 0.6) is 5.75 Å². The van der Waals surface area contributed by atoms with Gasteiger partial charge in [0.2, 0.25) is 0 Å². The molecule has 0 spiro atoms. The zero-order valence-corrected chi connectivity index (χ0v) is 13.7. The third-order valence-electron chi connectivity index (χ3n) is 4.35. The van der Waals surface area contributed by atoms with Gasteiger partial charge in [0.25, 0.3) is 0 Å². The lowest BCUT2D eigenvalue weighted by Crippen LogP contribution is -2.45. The molecule has 7 nitrogen and oxygen atoms in total. The van der Waals surface area contributed by atoms with E-state index in [-0.39, 0.29) is 24.5 Å². The molecule has 1 aromatic carbocycles. The zero-order chi connectivity index (χ0) is 17.5. The van der Waals surface area contributed by atoms with Crippen LogP contribution in [0.15, 0.2) is 24.3 Å². The minimum Gasteiger partial charge on any atom is -0.497 e. The molecule has 1 fully saturated rings. The van der Waals surface area contributed by atoms with E-state index in [0.717, 1.165) is 0 Å². The summed E-state index contributed by atoms with van der Waals surface area (Å²) in [5, 5.41) is 24.6. The first-order chi connectivity index (χ1) is 11.5. The molecule has 4 N–H and O–H groups in total. The van der Waals surface area contributed by atoms with Crippen molar-refractivity contribution in [1.29, 1.82) is 0 Å². The number of nitrogens with one attached hydrogen (secondary N) is 2. The quantitative estimate of drug-likeness (QED) is 0.632. The molecule has 7 heteroatoms. The second-order valence-electron chi connectivity index (χ2n) is 6.03. The standard InChI is InChI=1S/C17H24N2O5/c1-24-14-4-2-3-12(9-14)15(20)10-18-17(23)19-13-7-5-11(6-8-13)16(21)22/h2-4,9,11,13,15,20H,5-8,10H2,1H3,(H,21,22)(H2,18,19,23). The molecular weight excluding hydrogens is 312 g/mol. The van der Waals surface area contributed by atoms with Crippen LogP contribution in [0.3, 0.4) is 0 Å². The normalized spacial score (nSPS) is 21.6. The predicted molar refractivity (Wildman–Crippen MR) is 87.9 cm³/mol. The average molecular weight is 336 g/mol. The summed E-state index contributed by atoms with van der Waals surface area (Å²) in [6.07, 6.45) is 1.64. The Labute approximate surface area is 141 Å². The third-order valence-corrected chi connectivity index (χ3v) is 4.35. The number of carbonyl (C=O) groups excluding carboxylic acids is 1. The smallest absolute Gasteiger partial charge is 0.315 e. The number of aliphatic carboxylic acids is 1. The highest BCUT2D eigenvalue weighted by molar-refractivity contribution is 5.74. The Hall–Kier alpha value is -2.28. The first-order valence-electron chi connectivity index (χ1n) is 8.08. The maximum Gasteiger partial charge on any atom is 0.315 e. The van der Waals surface area contributed by atoms with Crippen molar-refractivity contribution < 1.29 is 24.5 Å². The third kappa shape index (κ3) is 5.13. The van der Waals surface area contributed by atoms with E-state index in [1.54, 1.807) is 31.4 Å². The van der Waals surface area contributed by atoms with Crippen molar-refractivity contribution >= 4 is 12.0 Å². The number of carbonyl (C=O) groups is 2. The van der Waals surface area contributed by atoms with Crippen LogP contribution < -0.4 is 15.4 Å². The molecule has 1 unspecified atom stereocenters. The molecular formula is C17H24N2O5. The molecule has 0 heterocycles. The van der Waals surface area contributed by atoms with Crippen molar-refractivity contribution in [2.45, 2.75) is 37.8 Å². The van der Waals surface area contributed by atoms with Gasteiger partial charge in [-0.25, -0.2) is 4.79 Å². The van der Waals surface area contributed by atoms with Crippen molar-refractivity contribution in [2.24, 2.45) is 5.92 Å². The lowest BCUT2D eigenvalue weighted by Gasteiger charge is -2.27. The minimum absolute atomic E-state index is 0.0189. The minimum atomic E-state index is -0.825. The largest absolute Gasteiger partial charge is 0.497 e. The number of methoxy groups -OCH3 is 1. The lowest BCUT2D eigenvalue weighted by molar-refractivity contribution is -0.142. The molecule has 1 atom stereocenters. The fourth-order valence-electron chi connectivity index (χ4n) is 2.88. The van der Waals surface area contributed by atoms with Gasteiger partial charge in [-0.15, -0.1) is 0 Å². The molecule has 1 aromatic rings. The number of hydrogen-bond acceptors (Lipinski definition) is 4. The Balaban J connectivity index is 1.74. The fourth-order valence-corrected chi connectivity index (χ4v) is 2.88. The van der Waals surface area contributed by atoms with E-state index < -0.39 is 12.1 Å². The number of rotatable bonds is 6. The van der Waals surface area contributed by atoms with Gasteiger partial charge in [-0.1, -0.05) is 12.1 Å². The molecule has 132 valence electrons. The summed E-state index contributed by atoms with van der Waals surface area (Å²) in [5.41, 5.74) is 0.664. The van der Waals surface area contributed by atoms with Crippen molar-refractivity contribution in [3.63, 3.8) is 0 Å². The molecule has 0 radical (unpaired) electrons. The summed E-state index contributed by atoms with van der Waals surface area (Å²) in [6, 6.07) is 6.67. The van der Waals surface area contributed by atoms with E-state index in [0.29, 0.717) is 37.0 Å². The summed E-state index contributed by atoms with van der Waals surface area (Å²) >= 11 is 0. The number of carboxylic acid groups (broad SMARTS) is 1. The van der Waals surface area contributed by atoms with Crippen LogP contribution in [0.2, 0.25) is 0 Å². The summed E-state index contributed by atoms with van der Waals surface area (Å²) in [5.74, 6) is -0.425. The van der Waals surface area contributed by atoms with Crippen LogP contribution >= 0.6 is 0 Å². The average Bonchev–Trinajstić information content (AvgIpc) is 2.60.